The van der Waals surface area contributed by atoms with Crippen molar-refractivity contribution in [1.82, 2.24) is 4.98 Å². The molecule has 7 heteroatoms. The van der Waals surface area contributed by atoms with Gasteiger partial charge in [0.1, 0.15) is 5.75 Å². The minimum absolute atomic E-state index is 0.223. The number of anilines is 1. The van der Waals surface area contributed by atoms with Crippen LogP contribution in [0.4, 0.5) is 5.13 Å². The zero-order valence-corrected chi connectivity index (χ0v) is 12.5. The van der Waals surface area contributed by atoms with Crippen LogP contribution in [0, 0.1) is 6.92 Å². The summed E-state index contributed by atoms with van der Waals surface area (Å²) in [6, 6.07) is 6.46. The van der Waals surface area contributed by atoms with E-state index in [1.165, 1.54) is 23.5 Å². The third-order valence-corrected chi connectivity index (χ3v) is 4.75. The predicted octanol–water partition coefficient (Wildman–Crippen LogP) is 2.90. The Labute approximate surface area is 124 Å². The quantitative estimate of drug-likeness (QED) is 0.630. The fraction of sp³-hybridized carbons (Fsp3) is 0.231. The smallest absolute Gasteiger partial charge is 0.335 e. The van der Waals surface area contributed by atoms with Crippen LogP contribution >= 0.6 is 23.1 Å². The zero-order valence-electron chi connectivity index (χ0n) is 10.8. The number of carbonyl (C=O) groups is 1. The highest BCUT2D eigenvalue weighted by Gasteiger charge is 2.06. The van der Waals surface area contributed by atoms with Gasteiger partial charge in [-0.05, 0) is 25.1 Å². The van der Waals surface area contributed by atoms with Crippen LogP contribution in [0.15, 0.2) is 28.5 Å². The average Bonchev–Trinajstić information content (AvgIpc) is 2.73. The molecule has 0 bridgehead atoms. The van der Waals surface area contributed by atoms with E-state index in [1.807, 2.05) is 6.92 Å². The topological polar surface area (TPSA) is 85.4 Å². The lowest BCUT2D eigenvalue weighted by molar-refractivity contribution is 0.0696. The van der Waals surface area contributed by atoms with Crippen LogP contribution in [0.25, 0.3) is 0 Å². The Hall–Kier alpha value is -1.73. The summed E-state index contributed by atoms with van der Waals surface area (Å²) in [6.45, 7) is 2.41. The largest absolute Gasteiger partial charge is 0.493 e. The lowest BCUT2D eigenvalue weighted by Gasteiger charge is -2.06. The Bertz CT molecular complexity index is 613. The molecule has 1 aromatic carbocycles. The van der Waals surface area contributed by atoms with Gasteiger partial charge in [-0.3, -0.25) is 0 Å². The molecule has 0 fully saturated rings. The summed E-state index contributed by atoms with van der Waals surface area (Å²) < 4.78 is 6.62. The van der Waals surface area contributed by atoms with Crippen LogP contribution in [0.1, 0.15) is 16.1 Å². The van der Waals surface area contributed by atoms with E-state index in [2.05, 4.69) is 4.98 Å². The number of hydrogen-bond acceptors (Lipinski definition) is 6. The molecule has 3 N–H and O–H groups in total. The molecule has 0 aliphatic heterocycles. The van der Waals surface area contributed by atoms with Gasteiger partial charge in [-0.25, -0.2) is 9.78 Å². The fourth-order valence-electron chi connectivity index (χ4n) is 1.55. The van der Waals surface area contributed by atoms with Crippen LogP contribution in [-0.4, -0.2) is 28.4 Å². The summed E-state index contributed by atoms with van der Waals surface area (Å²) >= 11 is 3.10. The Morgan fingerprint density at radius 3 is 3.00 bits per heavy atom. The Morgan fingerprint density at radius 1 is 1.55 bits per heavy atom. The van der Waals surface area contributed by atoms with Gasteiger partial charge in [0.15, 0.2) is 5.13 Å². The molecule has 2 rings (SSSR count). The molecule has 1 heterocycles. The molecule has 5 nitrogen and oxygen atoms in total. The lowest BCUT2D eigenvalue weighted by Crippen LogP contribution is -2.02. The van der Waals surface area contributed by atoms with Gasteiger partial charge >= 0.3 is 5.97 Å². The van der Waals surface area contributed by atoms with Gasteiger partial charge in [-0.2, -0.15) is 0 Å². The number of thiazole rings is 1. The van der Waals surface area contributed by atoms with E-state index < -0.39 is 5.97 Å². The van der Waals surface area contributed by atoms with E-state index in [0.717, 1.165) is 15.7 Å². The number of nitrogens with zero attached hydrogens (tertiary/aromatic N) is 1. The van der Waals surface area contributed by atoms with E-state index >= 15 is 0 Å². The van der Waals surface area contributed by atoms with Gasteiger partial charge in [0, 0.05) is 5.75 Å². The van der Waals surface area contributed by atoms with Crippen molar-refractivity contribution in [3.05, 3.63) is 35.5 Å². The summed E-state index contributed by atoms with van der Waals surface area (Å²) in [7, 11) is 0. The first-order chi connectivity index (χ1) is 9.56. The minimum Gasteiger partial charge on any atom is -0.493 e. The van der Waals surface area contributed by atoms with Crippen molar-refractivity contribution in [1.29, 1.82) is 0 Å². The number of carboxylic acid groups (broad SMARTS) is 1. The first kappa shape index (κ1) is 14.7. The molecular formula is C13H14N2O3S2. The average molecular weight is 310 g/mol. The number of carboxylic acids is 1. The molecule has 0 atom stereocenters. The van der Waals surface area contributed by atoms with Gasteiger partial charge in [-0.15, -0.1) is 11.8 Å². The van der Waals surface area contributed by atoms with Crippen LogP contribution < -0.4 is 10.5 Å². The lowest BCUT2D eigenvalue weighted by atomic mass is 10.2. The van der Waals surface area contributed by atoms with E-state index in [0.29, 0.717) is 17.5 Å². The normalized spacial score (nSPS) is 10.4. The highest BCUT2D eigenvalue weighted by molar-refractivity contribution is 8.01. The fourth-order valence-corrected chi connectivity index (χ4v) is 3.46. The van der Waals surface area contributed by atoms with Crippen molar-refractivity contribution >= 4 is 34.2 Å². The molecule has 20 heavy (non-hydrogen) atoms. The molecule has 106 valence electrons. The highest BCUT2D eigenvalue weighted by Crippen LogP contribution is 2.30. The van der Waals surface area contributed by atoms with Crippen molar-refractivity contribution < 1.29 is 14.6 Å². The molecule has 0 unspecified atom stereocenters. The first-order valence-corrected chi connectivity index (χ1v) is 7.68. The van der Waals surface area contributed by atoms with Gasteiger partial charge in [0.25, 0.3) is 0 Å². The number of thioether (sulfide) groups is 1. The maximum atomic E-state index is 10.8. The Balaban J connectivity index is 1.83. The number of nitrogen functional groups attached to an aromatic ring is 1. The molecular weight excluding hydrogens is 296 g/mol. The van der Waals surface area contributed by atoms with Crippen molar-refractivity contribution in [3.8, 4) is 5.75 Å². The van der Waals surface area contributed by atoms with Crippen LogP contribution in [0.2, 0.25) is 0 Å². The third kappa shape index (κ3) is 3.88. The van der Waals surface area contributed by atoms with E-state index in [4.69, 9.17) is 15.6 Å². The summed E-state index contributed by atoms with van der Waals surface area (Å²) in [5.41, 5.74) is 6.79. The summed E-state index contributed by atoms with van der Waals surface area (Å²) in [6.07, 6.45) is 0. The minimum atomic E-state index is -0.958. The van der Waals surface area contributed by atoms with Crippen molar-refractivity contribution in [2.45, 2.75) is 11.1 Å². The molecule has 2 aromatic rings. The predicted molar refractivity (Wildman–Crippen MR) is 80.9 cm³/mol. The maximum Gasteiger partial charge on any atom is 0.335 e. The zero-order chi connectivity index (χ0) is 14.5. The van der Waals surface area contributed by atoms with Gasteiger partial charge in [-0.1, -0.05) is 17.4 Å². The second-order valence-corrected chi connectivity index (χ2v) is 6.35. The molecule has 0 saturated carbocycles. The number of rotatable bonds is 6. The standard InChI is InChI=1S/C13H14N2O3S2/c1-8-12(20-13(14)15-8)19-6-5-18-10-4-2-3-9(7-10)11(16)17/h2-4,7H,5-6H2,1H3,(H2,14,15)(H,16,17). The number of ether oxygens (including phenoxy) is 1. The summed E-state index contributed by atoms with van der Waals surface area (Å²) in [5.74, 6) is 0.353. The molecule has 1 aromatic heterocycles. The number of aromatic carboxylic acids is 1. The van der Waals surface area contributed by atoms with E-state index in [-0.39, 0.29) is 5.56 Å². The second kappa shape index (κ2) is 6.62. The number of nitrogens with two attached hydrogens (primary N) is 1. The third-order valence-electron chi connectivity index (χ3n) is 2.44. The first-order valence-electron chi connectivity index (χ1n) is 5.88. The van der Waals surface area contributed by atoms with Gasteiger partial charge < -0.3 is 15.6 Å². The number of benzene rings is 1. The van der Waals surface area contributed by atoms with Gasteiger partial charge in [0.2, 0.25) is 0 Å². The second-order valence-electron chi connectivity index (χ2n) is 3.95. The summed E-state index contributed by atoms with van der Waals surface area (Å²) in [4.78, 5) is 15.0. The maximum absolute atomic E-state index is 10.8. The van der Waals surface area contributed by atoms with Crippen molar-refractivity contribution in [2.24, 2.45) is 0 Å². The van der Waals surface area contributed by atoms with E-state index in [1.54, 1.807) is 23.9 Å². The van der Waals surface area contributed by atoms with Gasteiger partial charge in [0.05, 0.1) is 22.1 Å². The molecule has 0 amide bonds. The number of aromatic nitrogens is 1. The molecule has 0 aliphatic carbocycles. The summed E-state index contributed by atoms with van der Waals surface area (Å²) in [5, 5.41) is 9.45. The number of hydrogen-bond donors (Lipinski definition) is 2. The Morgan fingerprint density at radius 2 is 2.35 bits per heavy atom. The monoisotopic (exact) mass is 310 g/mol. The van der Waals surface area contributed by atoms with Crippen LogP contribution in [-0.2, 0) is 0 Å². The van der Waals surface area contributed by atoms with Crippen LogP contribution in [0.5, 0.6) is 5.75 Å². The molecule has 0 aliphatic rings. The highest BCUT2D eigenvalue weighted by atomic mass is 32.2. The SMILES string of the molecule is Cc1nc(N)sc1SCCOc1cccc(C(=O)O)c1. The van der Waals surface area contributed by atoms with E-state index in [9.17, 15) is 4.79 Å². The molecule has 0 radical (unpaired) electrons. The van der Waals surface area contributed by atoms with Crippen molar-refractivity contribution in [3.63, 3.8) is 0 Å². The Kier molecular flexibility index (Phi) is 4.86. The van der Waals surface area contributed by atoms with Crippen molar-refractivity contribution in [2.75, 3.05) is 18.1 Å². The molecule has 0 saturated heterocycles. The van der Waals surface area contributed by atoms with Crippen LogP contribution in [0.3, 0.4) is 0 Å². The number of aryl methyl sites for hydroxylation is 1. The molecule has 0 spiro atoms.